The Morgan fingerprint density at radius 2 is 2.03 bits per heavy atom. The van der Waals surface area contributed by atoms with E-state index < -0.39 is 0 Å². The molecule has 0 unspecified atom stereocenters. The Morgan fingerprint density at radius 3 is 2.76 bits per heavy atom. The fourth-order valence-corrected chi connectivity index (χ4v) is 2.92. The zero-order valence-electron chi connectivity index (χ0n) is 17.0. The van der Waals surface area contributed by atoms with E-state index in [1.165, 1.54) is 11.7 Å². The molecule has 3 rings (SSSR count). The number of likely N-dealkylation sites (N-methyl/N-ethyl adjacent to an activating group) is 1. The smallest absolute Gasteiger partial charge is 0.274 e. The molecule has 3 aromatic rings. The monoisotopic (exact) mass is 395 g/mol. The van der Waals surface area contributed by atoms with E-state index in [1.54, 1.807) is 43.6 Å². The lowest BCUT2D eigenvalue weighted by molar-refractivity contribution is 0.102. The molecule has 0 aliphatic heterocycles. The van der Waals surface area contributed by atoms with Gasteiger partial charge in [-0.2, -0.15) is 0 Å². The van der Waals surface area contributed by atoms with Crippen molar-refractivity contribution in [3.05, 3.63) is 58.5 Å². The van der Waals surface area contributed by atoms with Gasteiger partial charge in [0.2, 0.25) is 0 Å². The summed E-state index contributed by atoms with van der Waals surface area (Å²) in [5.41, 5.74) is 1.05. The predicted octanol–water partition coefficient (Wildman–Crippen LogP) is 2.17. The van der Waals surface area contributed by atoms with Gasteiger partial charge in [0.25, 0.3) is 11.5 Å². The number of hydrogen-bond acceptors (Lipinski definition) is 6. The molecule has 0 saturated heterocycles. The minimum atomic E-state index is -0.379. The number of fused-ring (bicyclic) bond motifs is 1. The van der Waals surface area contributed by atoms with E-state index in [2.05, 4.69) is 20.5 Å². The van der Waals surface area contributed by atoms with Gasteiger partial charge >= 0.3 is 0 Å². The van der Waals surface area contributed by atoms with Gasteiger partial charge in [-0.05, 0) is 38.4 Å². The van der Waals surface area contributed by atoms with E-state index in [-0.39, 0.29) is 17.2 Å². The number of anilines is 2. The molecule has 8 heteroatoms. The van der Waals surface area contributed by atoms with Crippen LogP contribution in [0.15, 0.2) is 47.4 Å². The highest BCUT2D eigenvalue weighted by Crippen LogP contribution is 2.19. The first-order valence-corrected chi connectivity index (χ1v) is 9.23. The number of aryl methyl sites for hydroxylation is 1. The minimum absolute atomic E-state index is 0.197. The molecule has 2 aromatic heterocycles. The lowest BCUT2D eigenvalue weighted by Crippen LogP contribution is -2.25. The van der Waals surface area contributed by atoms with Crippen LogP contribution in [0.25, 0.3) is 10.9 Å². The van der Waals surface area contributed by atoms with Gasteiger partial charge in [-0.1, -0.05) is 6.07 Å². The predicted molar refractivity (Wildman–Crippen MR) is 115 cm³/mol. The highest BCUT2D eigenvalue weighted by atomic mass is 16.5. The Kier molecular flexibility index (Phi) is 6.13. The largest absolute Gasteiger partial charge is 0.497 e. The molecule has 0 aliphatic rings. The van der Waals surface area contributed by atoms with Crippen molar-refractivity contribution in [3.63, 3.8) is 0 Å². The van der Waals surface area contributed by atoms with Crippen molar-refractivity contribution in [3.8, 4) is 5.75 Å². The second kappa shape index (κ2) is 8.74. The topological polar surface area (TPSA) is 88.5 Å². The summed E-state index contributed by atoms with van der Waals surface area (Å²) < 4.78 is 6.65. The number of rotatable bonds is 7. The molecule has 0 fully saturated rings. The molecule has 0 radical (unpaired) electrons. The molecule has 0 bridgehead atoms. The number of methoxy groups -OCH3 is 1. The van der Waals surface area contributed by atoms with Crippen LogP contribution in [0.2, 0.25) is 0 Å². The fraction of sp³-hybridized carbons (Fsp3) is 0.286. The maximum absolute atomic E-state index is 12.8. The van der Waals surface area contributed by atoms with Gasteiger partial charge in [0, 0.05) is 43.4 Å². The highest BCUT2D eigenvalue weighted by Gasteiger charge is 2.13. The first kappa shape index (κ1) is 20.3. The molecular weight excluding hydrogens is 370 g/mol. The van der Waals surface area contributed by atoms with Crippen molar-refractivity contribution < 1.29 is 9.53 Å². The van der Waals surface area contributed by atoms with Gasteiger partial charge < -0.3 is 24.8 Å². The number of carbonyl (C=O) groups is 1. The van der Waals surface area contributed by atoms with Crippen LogP contribution in [0, 0.1) is 0 Å². The number of pyridine rings is 2. The molecule has 152 valence electrons. The number of hydrogen-bond donors (Lipinski definition) is 2. The Morgan fingerprint density at radius 1 is 1.24 bits per heavy atom. The lowest BCUT2D eigenvalue weighted by Gasteiger charge is -2.13. The fourth-order valence-electron chi connectivity index (χ4n) is 2.92. The van der Waals surface area contributed by atoms with Gasteiger partial charge in [-0.15, -0.1) is 0 Å². The van der Waals surface area contributed by atoms with Crippen LogP contribution in [0.4, 0.5) is 11.5 Å². The van der Waals surface area contributed by atoms with Crippen molar-refractivity contribution in [2.24, 2.45) is 7.05 Å². The maximum Gasteiger partial charge on any atom is 0.274 e. The third-order valence-corrected chi connectivity index (χ3v) is 4.55. The van der Waals surface area contributed by atoms with Crippen LogP contribution in [-0.2, 0) is 7.05 Å². The Bertz CT molecular complexity index is 1090. The number of nitrogens with one attached hydrogen (secondary N) is 2. The van der Waals surface area contributed by atoms with Gasteiger partial charge in [-0.25, -0.2) is 4.98 Å². The SMILES string of the molecule is COc1cccc(C(=O)Nc2cc3cnc(NCCN(C)C)cc3n(C)c2=O)c1. The maximum atomic E-state index is 12.8. The third kappa shape index (κ3) is 4.72. The molecule has 0 atom stereocenters. The molecule has 2 N–H and O–H groups in total. The van der Waals surface area contributed by atoms with E-state index in [4.69, 9.17) is 4.74 Å². The Labute approximate surface area is 169 Å². The van der Waals surface area contributed by atoms with Gasteiger partial charge in [0.1, 0.15) is 17.3 Å². The van der Waals surface area contributed by atoms with Crippen molar-refractivity contribution in [1.82, 2.24) is 14.5 Å². The van der Waals surface area contributed by atoms with Crippen molar-refractivity contribution in [2.75, 3.05) is 44.9 Å². The lowest BCUT2D eigenvalue weighted by atomic mass is 10.2. The van der Waals surface area contributed by atoms with E-state index in [0.29, 0.717) is 17.1 Å². The summed E-state index contributed by atoms with van der Waals surface area (Å²) in [6.45, 7) is 1.61. The van der Waals surface area contributed by atoms with E-state index >= 15 is 0 Å². The average Bonchev–Trinajstić information content (AvgIpc) is 2.72. The summed E-state index contributed by atoms with van der Waals surface area (Å²) >= 11 is 0. The van der Waals surface area contributed by atoms with Crippen molar-refractivity contribution in [2.45, 2.75) is 0 Å². The van der Waals surface area contributed by atoms with E-state index in [1.807, 2.05) is 20.2 Å². The standard InChI is InChI=1S/C21H25N5O3/c1-25(2)9-8-22-19-12-18-15(13-23-19)11-17(21(28)26(18)3)24-20(27)14-6-5-7-16(10-14)29-4/h5-7,10-13H,8-9H2,1-4H3,(H,22,23)(H,24,27). The number of benzene rings is 1. The first-order valence-electron chi connectivity index (χ1n) is 9.23. The molecule has 1 aromatic carbocycles. The summed E-state index contributed by atoms with van der Waals surface area (Å²) in [5, 5.41) is 6.70. The molecule has 0 saturated carbocycles. The summed E-state index contributed by atoms with van der Waals surface area (Å²) in [4.78, 5) is 31.8. The molecular formula is C21H25N5O3. The second-order valence-electron chi connectivity index (χ2n) is 6.97. The third-order valence-electron chi connectivity index (χ3n) is 4.55. The van der Waals surface area contributed by atoms with E-state index in [0.717, 1.165) is 24.0 Å². The first-order chi connectivity index (χ1) is 13.9. The number of ether oxygens (including phenoxy) is 1. The number of aromatic nitrogens is 2. The van der Waals surface area contributed by atoms with Crippen LogP contribution >= 0.6 is 0 Å². The molecule has 0 aliphatic carbocycles. The summed E-state index contributed by atoms with van der Waals surface area (Å²) in [5.74, 6) is 0.889. The number of carbonyl (C=O) groups excluding carboxylic acids is 1. The van der Waals surface area contributed by atoms with Crippen LogP contribution in [-0.4, -0.2) is 54.7 Å². The zero-order chi connectivity index (χ0) is 21.0. The average molecular weight is 395 g/mol. The quantitative estimate of drug-likeness (QED) is 0.637. The Balaban J connectivity index is 1.86. The molecule has 0 spiro atoms. The highest BCUT2D eigenvalue weighted by molar-refractivity contribution is 6.05. The molecule has 29 heavy (non-hydrogen) atoms. The minimum Gasteiger partial charge on any atom is -0.497 e. The normalized spacial score (nSPS) is 10.9. The van der Waals surface area contributed by atoms with Gasteiger partial charge in [0.15, 0.2) is 0 Å². The number of nitrogens with zero attached hydrogens (tertiary/aromatic N) is 3. The Hall–Kier alpha value is -3.39. The molecule has 1 amide bonds. The molecule has 8 nitrogen and oxygen atoms in total. The summed E-state index contributed by atoms with van der Waals surface area (Å²) in [6, 6.07) is 10.2. The second-order valence-corrected chi connectivity index (χ2v) is 6.97. The zero-order valence-corrected chi connectivity index (χ0v) is 17.0. The summed E-state index contributed by atoms with van der Waals surface area (Å²) in [6.07, 6.45) is 1.69. The van der Waals surface area contributed by atoms with E-state index in [9.17, 15) is 9.59 Å². The van der Waals surface area contributed by atoms with Gasteiger partial charge in [0.05, 0.1) is 12.6 Å². The van der Waals surface area contributed by atoms with Crippen LogP contribution in [0.1, 0.15) is 10.4 Å². The number of amides is 1. The van der Waals surface area contributed by atoms with Crippen LogP contribution in [0.3, 0.4) is 0 Å². The molecule has 2 heterocycles. The van der Waals surface area contributed by atoms with Crippen LogP contribution < -0.4 is 20.9 Å². The van der Waals surface area contributed by atoms with Crippen LogP contribution in [0.5, 0.6) is 5.75 Å². The van der Waals surface area contributed by atoms with Crippen molar-refractivity contribution >= 4 is 28.3 Å². The van der Waals surface area contributed by atoms with Crippen molar-refractivity contribution in [1.29, 1.82) is 0 Å². The summed E-state index contributed by atoms with van der Waals surface area (Å²) in [7, 11) is 7.21. The van der Waals surface area contributed by atoms with Gasteiger partial charge in [-0.3, -0.25) is 9.59 Å².